The van der Waals surface area contributed by atoms with Crippen molar-refractivity contribution in [2.75, 3.05) is 12.8 Å². The van der Waals surface area contributed by atoms with Crippen molar-refractivity contribution in [1.29, 1.82) is 0 Å². The van der Waals surface area contributed by atoms with E-state index >= 15 is 0 Å². The molecule has 2 atom stereocenters. The van der Waals surface area contributed by atoms with Crippen molar-refractivity contribution in [3.8, 4) is 0 Å². The van der Waals surface area contributed by atoms with Crippen LogP contribution in [0.1, 0.15) is 26.9 Å². The number of hydrogen-bond donors (Lipinski definition) is 3. The second kappa shape index (κ2) is 9.10. The average molecular weight is 415 g/mol. The Morgan fingerprint density at radius 2 is 2.27 bits per heavy atom. The number of hydrogen-bond acceptors (Lipinski definition) is 9. The van der Waals surface area contributed by atoms with E-state index in [1.807, 2.05) is 0 Å². The third-order valence-corrected chi connectivity index (χ3v) is 5.07. The molecule has 2 rings (SSSR count). The van der Waals surface area contributed by atoms with Crippen molar-refractivity contribution in [2.45, 2.75) is 31.8 Å². The number of thiazole rings is 1. The fourth-order valence-corrected chi connectivity index (χ4v) is 3.90. The van der Waals surface area contributed by atoms with Crippen molar-refractivity contribution in [3.05, 3.63) is 11.1 Å². The standard InChI is InChI=1S/C12H17N5O6S2.Na.H/c1-3-4-7-9(11(19)17(7)25(20,21)22)15-10(18)8(16-23-2)6-5-24-12(13)14-6;;/h5,7,9H,3-4H2,1-2H3,(H2,13,14)(H,15,18)(H,20,21,22);;/q;+1;-1/t7-,9+;;/m1../s1. The summed E-state index contributed by atoms with van der Waals surface area (Å²) in [6.45, 7) is 1.78. The number of β-lactam (4-membered cyclic amide) rings is 1. The molecule has 2 heterocycles. The van der Waals surface area contributed by atoms with Gasteiger partial charge in [0.2, 0.25) is 0 Å². The summed E-state index contributed by atoms with van der Waals surface area (Å²) < 4.78 is 32.1. The molecule has 1 saturated heterocycles. The van der Waals surface area contributed by atoms with Crippen molar-refractivity contribution in [3.63, 3.8) is 0 Å². The summed E-state index contributed by atoms with van der Waals surface area (Å²) >= 11 is 1.09. The van der Waals surface area contributed by atoms with Gasteiger partial charge in [0.1, 0.15) is 18.8 Å². The Balaban J connectivity index is 0.00000338. The Morgan fingerprint density at radius 3 is 2.73 bits per heavy atom. The van der Waals surface area contributed by atoms with Crippen LogP contribution in [0.3, 0.4) is 0 Å². The molecular weight excluding hydrogens is 397 g/mol. The van der Waals surface area contributed by atoms with E-state index in [0.717, 1.165) is 11.3 Å². The molecule has 0 aliphatic carbocycles. The summed E-state index contributed by atoms with van der Waals surface area (Å²) in [5.74, 6) is -1.70. The number of carbonyl (C=O) groups excluding carboxylic acids is 2. The fourth-order valence-electron chi connectivity index (χ4n) is 2.44. The van der Waals surface area contributed by atoms with Gasteiger partial charge in [-0.2, -0.15) is 8.42 Å². The number of aromatic nitrogens is 1. The number of nitrogens with two attached hydrogens (primary N) is 1. The van der Waals surface area contributed by atoms with Gasteiger partial charge in [-0.15, -0.1) is 11.3 Å². The van der Waals surface area contributed by atoms with Gasteiger partial charge in [0.15, 0.2) is 10.8 Å². The second-order valence-corrected chi connectivity index (χ2v) is 7.29. The summed E-state index contributed by atoms with van der Waals surface area (Å²) in [4.78, 5) is 33.0. The maximum Gasteiger partial charge on any atom is 1.00 e. The van der Waals surface area contributed by atoms with Gasteiger partial charge in [-0.05, 0) is 6.42 Å². The number of amides is 2. The number of nitrogens with zero attached hydrogens (tertiary/aromatic N) is 3. The Bertz CT molecular complexity index is 817. The van der Waals surface area contributed by atoms with Crippen LogP contribution in [0.2, 0.25) is 0 Å². The summed E-state index contributed by atoms with van der Waals surface area (Å²) in [5, 5.41) is 7.69. The Morgan fingerprint density at radius 1 is 1.62 bits per heavy atom. The van der Waals surface area contributed by atoms with Crippen molar-refractivity contribution < 1.29 is 58.4 Å². The number of anilines is 1. The van der Waals surface area contributed by atoms with Gasteiger partial charge in [-0.25, -0.2) is 9.29 Å². The number of rotatable bonds is 7. The maximum absolute atomic E-state index is 12.4. The molecule has 0 unspecified atom stereocenters. The number of carbonyl (C=O) groups is 2. The quantitative estimate of drug-likeness (QED) is 0.136. The molecule has 26 heavy (non-hydrogen) atoms. The molecule has 2 amide bonds. The third kappa shape index (κ3) is 4.72. The molecule has 1 aliphatic heterocycles. The van der Waals surface area contributed by atoms with E-state index in [1.165, 1.54) is 12.5 Å². The second-order valence-electron chi connectivity index (χ2n) is 5.11. The molecule has 4 N–H and O–H groups in total. The van der Waals surface area contributed by atoms with Crippen LogP contribution in [0.15, 0.2) is 10.5 Å². The maximum atomic E-state index is 12.4. The number of nitrogens with one attached hydrogen (secondary N) is 1. The van der Waals surface area contributed by atoms with Crippen LogP contribution in [0.25, 0.3) is 0 Å². The van der Waals surface area contributed by atoms with Crippen molar-refractivity contribution in [2.24, 2.45) is 5.16 Å². The van der Waals surface area contributed by atoms with Crippen molar-refractivity contribution >= 4 is 44.3 Å². The van der Waals surface area contributed by atoms with Crippen LogP contribution in [0, 0.1) is 0 Å². The topological polar surface area (TPSA) is 164 Å². The van der Waals surface area contributed by atoms with Crippen LogP contribution < -0.4 is 40.6 Å². The third-order valence-electron chi connectivity index (χ3n) is 3.45. The molecule has 14 heteroatoms. The van der Waals surface area contributed by atoms with Gasteiger partial charge in [0, 0.05) is 5.38 Å². The van der Waals surface area contributed by atoms with E-state index in [9.17, 15) is 18.0 Å². The molecule has 0 radical (unpaired) electrons. The SMILES string of the molecule is CCC[C@@H]1[C@H](NC(=O)C(=NOC)c2csc(N)n2)C(=O)N1S(=O)(=O)O.[H-].[Na+]. The largest absolute Gasteiger partial charge is 1.00 e. The molecule has 0 spiro atoms. The Labute approximate surface area is 177 Å². The van der Waals surface area contributed by atoms with Crippen LogP contribution in [0.4, 0.5) is 5.13 Å². The minimum Gasteiger partial charge on any atom is -1.00 e. The predicted molar refractivity (Wildman–Crippen MR) is 90.2 cm³/mol. The summed E-state index contributed by atoms with van der Waals surface area (Å²) in [6.07, 6.45) is 0.814. The van der Waals surface area contributed by atoms with E-state index in [4.69, 9.17) is 10.3 Å². The first-order chi connectivity index (χ1) is 11.7. The Kier molecular flexibility index (Phi) is 7.98. The van der Waals surface area contributed by atoms with Crippen LogP contribution in [-0.4, -0.2) is 59.0 Å². The summed E-state index contributed by atoms with van der Waals surface area (Å²) in [5.41, 5.74) is 5.48. The molecule has 0 aromatic carbocycles. The van der Waals surface area contributed by atoms with E-state index in [2.05, 4.69) is 20.3 Å². The Hall–Kier alpha value is -1.25. The van der Waals surface area contributed by atoms with Gasteiger partial charge >= 0.3 is 39.9 Å². The molecule has 1 aromatic rings. The minimum absolute atomic E-state index is 0. The summed E-state index contributed by atoms with van der Waals surface area (Å²) in [6, 6.07) is -1.98. The first-order valence-corrected chi connectivity index (χ1v) is 9.42. The fraction of sp³-hybridized carbons (Fsp3) is 0.500. The smallest absolute Gasteiger partial charge is 1.00 e. The van der Waals surface area contributed by atoms with E-state index in [1.54, 1.807) is 6.92 Å². The predicted octanol–water partition coefficient (Wildman–Crippen LogP) is -3.51. The molecular formula is C12H18N5NaO6S2. The van der Waals surface area contributed by atoms with Crippen LogP contribution in [0.5, 0.6) is 0 Å². The summed E-state index contributed by atoms with van der Waals surface area (Å²) in [7, 11) is -3.45. The average Bonchev–Trinajstić information content (AvgIpc) is 2.94. The molecule has 140 valence electrons. The molecule has 1 aromatic heterocycles. The molecule has 0 bridgehead atoms. The van der Waals surface area contributed by atoms with Gasteiger partial charge in [0.25, 0.3) is 11.8 Å². The van der Waals surface area contributed by atoms with Crippen LogP contribution >= 0.6 is 11.3 Å². The minimum atomic E-state index is -4.68. The normalized spacial score (nSPS) is 20.2. The molecule has 11 nitrogen and oxygen atoms in total. The van der Waals surface area contributed by atoms with E-state index < -0.39 is 34.2 Å². The molecule has 1 aliphatic rings. The van der Waals surface area contributed by atoms with Gasteiger partial charge in [-0.1, -0.05) is 18.5 Å². The number of nitrogen functional groups attached to an aromatic ring is 1. The first kappa shape index (κ1) is 22.8. The van der Waals surface area contributed by atoms with Gasteiger partial charge < -0.3 is 17.3 Å². The first-order valence-electron chi connectivity index (χ1n) is 7.14. The molecule has 1 fully saturated rings. The van der Waals surface area contributed by atoms with Gasteiger partial charge in [-0.3, -0.25) is 14.1 Å². The number of oxime groups is 1. The van der Waals surface area contributed by atoms with Gasteiger partial charge in [0.05, 0.1) is 6.04 Å². The molecule has 0 saturated carbocycles. The zero-order chi connectivity index (χ0) is 18.8. The monoisotopic (exact) mass is 415 g/mol. The van der Waals surface area contributed by atoms with E-state index in [-0.39, 0.29) is 53.9 Å². The zero-order valence-corrected chi connectivity index (χ0v) is 18.0. The van der Waals surface area contributed by atoms with Crippen molar-refractivity contribution in [1.82, 2.24) is 14.6 Å². The van der Waals surface area contributed by atoms with Crippen LogP contribution in [-0.2, 0) is 24.7 Å². The van der Waals surface area contributed by atoms with E-state index in [0.29, 0.717) is 10.7 Å². The zero-order valence-electron chi connectivity index (χ0n) is 15.4.